The number of aliphatic hydroxyl groups excluding tert-OH is 1. The molecule has 1 saturated heterocycles. The average molecular weight is 528 g/mol. The van der Waals surface area contributed by atoms with Crippen molar-refractivity contribution in [3.8, 4) is 11.5 Å². The van der Waals surface area contributed by atoms with Crippen molar-refractivity contribution in [3.05, 3.63) is 94.6 Å². The summed E-state index contributed by atoms with van der Waals surface area (Å²) in [5.74, 6) is -0.134. The molecule has 1 aliphatic heterocycles. The number of carbonyl (C=O) groups excluding carboxylic acids is 2. The van der Waals surface area contributed by atoms with E-state index < -0.39 is 17.7 Å². The molecule has 3 aromatic rings. The van der Waals surface area contributed by atoms with Crippen molar-refractivity contribution >= 4 is 23.1 Å². The highest BCUT2D eigenvalue weighted by molar-refractivity contribution is 6.51. The van der Waals surface area contributed by atoms with E-state index in [1.807, 2.05) is 51.1 Å². The number of benzene rings is 3. The Morgan fingerprint density at radius 2 is 1.62 bits per heavy atom. The number of nitrogens with zero attached hydrogens (tertiary/aromatic N) is 1. The molecular formula is C33H37NO5. The molecule has 204 valence electrons. The van der Waals surface area contributed by atoms with Gasteiger partial charge in [-0.1, -0.05) is 58.9 Å². The minimum Gasteiger partial charge on any atom is -0.507 e. The number of hydrogen-bond acceptors (Lipinski definition) is 5. The number of Topliss-reactive ketones (excluding diaryl/α,β-unsaturated/α-hetero) is 1. The predicted octanol–water partition coefficient (Wildman–Crippen LogP) is 7.14. The highest BCUT2D eigenvalue weighted by Gasteiger charge is 2.47. The summed E-state index contributed by atoms with van der Waals surface area (Å²) in [6, 6.07) is 19.4. The molecule has 3 aromatic carbocycles. The molecular weight excluding hydrogens is 490 g/mol. The van der Waals surface area contributed by atoms with Crippen molar-refractivity contribution in [2.45, 2.75) is 58.9 Å². The van der Waals surface area contributed by atoms with Gasteiger partial charge in [-0.15, -0.1) is 0 Å². The minimum atomic E-state index is -0.804. The second kappa shape index (κ2) is 11.0. The van der Waals surface area contributed by atoms with E-state index in [2.05, 4.69) is 20.8 Å². The molecule has 1 unspecified atom stereocenters. The lowest BCUT2D eigenvalue weighted by Crippen LogP contribution is -2.29. The Morgan fingerprint density at radius 1 is 0.974 bits per heavy atom. The van der Waals surface area contributed by atoms with Crippen molar-refractivity contribution in [2.24, 2.45) is 0 Å². The van der Waals surface area contributed by atoms with Gasteiger partial charge in [0.15, 0.2) is 0 Å². The average Bonchev–Trinajstić information content (AvgIpc) is 3.18. The molecule has 39 heavy (non-hydrogen) atoms. The lowest BCUT2D eigenvalue weighted by Gasteiger charge is -2.27. The van der Waals surface area contributed by atoms with Gasteiger partial charge < -0.3 is 14.6 Å². The van der Waals surface area contributed by atoms with Gasteiger partial charge in [0.1, 0.15) is 17.3 Å². The van der Waals surface area contributed by atoms with Crippen LogP contribution in [-0.4, -0.2) is 30.5 Å². The van der Waals surface area contributed by atoms with Gasteiger partial charge in [0.25, 0.3) is 11.7 Å². The molecule has 0 bridgehead atoms. The topological polar surface area (TPSA) is 76.1 Å². The van der Waals surface area contributed by atoms with Crippen LogP contribution in [0.3, 0.4) is 0 Å². The first-order chi connectivity index (χ1) is 18.5. The number of carbonyl (C=O) groups is 2. The normalized spacial score (nSPS) is 17.1. The van der Waals surface area contributed by atoms with Crippen molar-refractivity contribution in [1.82, 2.24) is 0 Å². The summed E-state index contributed by atoms with van der Waals surface area (Å²) < 4.78 is 11.1. The van der Waals surface area contributed by atoms with Crippen LogP contribution in [0, 0.1) is 0 Å². The van der Waals surface area contributed by atoms with E-state index in [0.29, 0.717) is 23.6 Å². The SMILES string of the molecule is CCOc1ccc(/C(O)=C2/C(=O)C(=O)N(c3ccc(OC)cc3)C2c2ccc(C(C)(C)C)cc2)cc1C(C)C. The van der Waals surface area contributed by atoms with Crippen molar-refractivity contribution in [1.29, 1.82) is 0 Å². The Balaban J connectivity index is 1.92. The van der Waals surface area contributed by atoms with Crippen molar-refractivity contribution in [2.75, 3.05) is 18.6 Å². The van der Waals surface area contributed by atoms with E-state index in [0.717, 1.165) is 22.4 Å². The Bertz CT molecular complexity index is 1400. The quantitative estimate of drug-likeness (QED) is 0.201. The molecule has 0 aromatic heterocycles. The standard InChI is InChI=1S/C33H37NO5/c1-8-39-27-18-11-22(19-26(27)20(2)3)30(35)28-29(21-9-12-23(13-10-21)33(4,5)6)34(32(37)31(28)36)24-14-16-25(38-7)17-15-24/h9-20,29,35H,8H2,1-7H3/b30-28-. The molecule has 6 nitrogen and oxygen atoms in total. The molecule has 1 heterocycles. The van der Waals surface area contributed by atoms with Crippen molar-refractivity contribution < 1.29 is 24.2 Å². The summed E-state index contributed by atoms with van der Waals surface area (Å²) in [4.78, 5) is 28.5. The largest absolute Gasteiger partial charge is 0.507 e. The van der Waals surface area contributed by atoms with E-state index in [1.54, 1.807) is 43.5 Å². The second-order valence-electron chi connectivity index (χ2n) is 11.1. The molecule has 0 aliphatic carbocycles. The summed E-state index contributed by atoms with van der Waals surface area (Å²) >= 11 is 0. The number of ether oxygens (including phenoxy) is 2. The number of ketones is 1. The molecule has 0 spiro atoms. The highest BCUT2D eigenvalue weighted by Crippen LogP contribution is 2.43. The lowest BCUT2D eigenvalue weighted by atomic mass is 9.85. The fourth-order valence-electron chi connectivity index (χ4n) is 4.91. The van der Waals surface area contributed by atoms with E-state index in [9.17, 15) is 14.7 Å². The maximum atomic E-state index is 13.6. The third-order valence-electron chi connectivity index (χ3n) is 7.09. The van der Waals surface area contributed by atoms with E-state index in [-0.39, 0.29) is 22.7 Å². The Labute approximate surface area is 230 Å². The number of hydrogen-bond donors (Lipinski definition) is 1. The van der Waals surface area contributed by atoms with Crippen LogP contribution < -0.4 is 14.4 Å². The summed E-state index contributed by atoms with van der Waals surface area (Å²) in [5.41, 5.74) is 3.76. The minimum absolute atomic E-state index is 0.0539. The third-order valence-corrected chi connectivity index (χ3v) is 7.09. The molecule has 1 fully saturated rings. The van der Waals surface area contributed by atoms with Gasteiger partial charge in [-0.2, -0.15) is 0 Å². The molecule has 6 heteroatoms. The van der Waals surface area contributed by atoms with Crippen LogP contribution in [0.2, 0.25) is 0 Å². The zero-order valence-corrected chi connectivity index (χ0v) is 23.7. The van der Waals surface area contributed by atoms with E-state index >= 15 is 0 Å². The van der Waals surface area contributed by atoms with Gasteiger partial charge in [-0.05, 0) is 77.4 Å². The Morgan fingerprint density at radius 3 is 2.15 bits per heavy atom. The van der Waals surface area contributed by atoms with Crippen LogP contribution in [-0.2, 0) is 15.0 Å². The van der Waals surface area contributed by atoms with E-state index in [1.165, 1.54) is 4.90 Å². The number of aliphatic hydroxyl groups is 1. The summed E-state index contributed by atoms with van der Waals surface area (Å²) in [5, 5.41) is 11.6. The fraction of sp³-hybridized carbons (Fsp3) is 0.333. The summed E-state index contributed by atoms with van der Waals surface area (Å²) in [6.07, 6.45) is 0. The number of anilines is 1. The zero-order chi connectivity index (χ0) is 28.5. The van der Waals surface area contributed by atoms with Gasteiger partial charge in [0, 0.05) is 11.3 Å². The summed E-state index contributed by atoms with van der Waals surface area (Å²) in [7, 11) is 1.57. The number of methoxy groups -OCH3 is 1. The molecule has 1 N–H and O–H groups in total. The number of rotatable bonds is 7. The van der Waals surface area contributed by atoms with Crippen LogP contribution in [0.1, 0.15) is 75.8 Å². The molecule has 1 aliphatic rings. The molecule has 0 saturated carbocycles. The zero-order valence-electron chi connectivity index (χ0n) is 23.7. The van der Waals surface area contributed by atoms with Crippen LogP contribution >= 0.6 is 0 Å². The first-order valence-electron chi connectivity index (χ1n) is 13.3. The van der Waals surface area contributed by atoms with Gasteiger partial charge in [-0.3, -0.25) is 14.5 Å². The first-order valence-corrected chi connectivity index (χ1v) is 13.3. The fourth-order valence-corrected chi connectivity index (χ4v) is 4.91. The highest BCUT2D eigenvalue weighted by atomic mass is 16.5. The van der Waals surface area contributed by atoms with E-state index in [4.69, 9.17) is 9.47 Å². The first kappa shape index (κ1) is 28.0. The Kier molecular flexibility index (Phi) is 7.86. The lowest BCUT2D eigenvalue weighted by molar-refractivity contribution is -0.132. The molecule has 4 rings (SSSR count). The smallest absolute Gasteiger partial charge is 0.300 e. The molecule has 1 atom stereocenters. The molecule has 0 radical (unpaired) electrons. The van der Waals surface area contributed by atoms with Crippen LogP contribution in [0.25, 0.3) is 5.76 Å². The van der Waals surface area contributed by atoms with Crippen LogP contribution in [0.15, 0.2) is 72.3 Å². The number of amides is 1. The monoisotopic (exact) mass is 527 g/mol. The van der Waals surface area contributed by atoms with Gasteiger partial charge in [0.2, 0.25) is 0 Å². The molecule has 1 amide bonds. The van der Waals surface area contributed by atoms with Gasteiger partial charge in [-0.25, -0.2) is 0 Å². The maximum Gasteiger partial charge on any atom is 0.300 e. The third kappa shape index (κ3) is 5.42. The van der Waals surface area contributed by atoms with Crippen LogP contribution in [0.5, 0.6) is 11.5 Å². The Hall–Kier alpha value is -4.06. The maximum absolute atomic E-state index is 13.6. The van der Waals surface area contributed by atoms with Crippen LogP contribution in [0.4, 0.5) is 5.69 Å². The summed E-state index contributed by atoms with van der Waals surface area (Å²) in [6.45, 7) is 12.9. The van der Waals surface area contributed by atoms with Crippen molar-refractivity contribution in [3.63, 3.8) is 0 Å². The second-order valence-corrected chi connectivity index (χ2v) is 11.1. The predicted molar refractivity (Wildman–Crippen MR) is 155 cm³/mol. The van der Waals surface area contributed by atoms with Gasteiger partial charge >= 0.3 is 0 Å². The van der Waals surface area contributed by atoms with Gasteiger partial charge in [0.05, 0.1) is 25.3 Å².